The number of nitrogens with one attached hydrogen (secondary N) is 1. The molecule has 2 rings (SSSR count). The van der Waals surface area contributed by atoms with Crippen LogP contribution in [-0.2, 0) is 16.1 Å². The minimum Gasteiger partial charge on any atom is -0.459 e. The summed E-state index contributed by atoms with van der Waals surface area (Å²) in [6.07, 6.45) is -0.341. The molecule has 28 heavy (non-hydrogen) atoms. The van der Waals surface area contributed by atoms with Gasteiger partial charge in [0.2, 0.25) is 5.91 Å². The lowest BCUT2D eigenvalue weighted by molar-refractivity contribution is -0.113. The summed E-state index contributed by atoms with van der Waals surface area (Å²) in [7, 11) is 0. The molecule has 0 aromatic carbocycles. The molecule has 0 saturated carbocycles. The SMILES string of the molecule is CCn1c(C)nnc1SCC(=O)Nc1sc(C(N)=O)c(C)c1C(=O)OC(C)C. The van der Waals surface area contributed by atoms with Crippen LogP contribution in [0.1, 0.15) is 52.2 Å². The average Bonchev–Trinajstić information content (AvgIpc) is 3.11. The number of amides is 2. The number of primary amides is 1. The first-order valence-electron chi connectivity index (χ1n) is 8.62. The molecular weight excluding hydrogens is 402 g/mol. The van der Waals surface area contributed by atoms with Gasteiger partial charge in [-0.15, -0.1) is 21.5 Å². The van der Waals surface area contributed by atoms with E-state index in [-0.39, 0.29) is 33.2 Å². The van der Waals surface area contributed by atoms with Crippen molar-refractivity contribution in [1.29, 1.82) is 0 Å². The number of nitrogens with zero attached hydrogens (tertiary/aromatic N) is 3. The smallest absolute Gasteiger partial charge is 0.341 e. The molecule has 2 heterocycles. The Labute approximate surface area is 171 Å². The summed E-state index contributed by atoms with van der Waals surface area (Å²) in [5.41, 5.74) is 5.93. The predicted molar refractivity (Wildman–Crippen MR) is 108 cm³/mol. The molecule has 2 aromatic rings. The van der Waals surface area contributed by atoms with Crippen LogP contribution in [0.25, 0.3) is 0 Å². The van der Waals surface area contributed by atoms with Crippen molar-refractivity contribution in [3.8, 4) is 0 Å². The van der Waals surface area contributed by atoms with Crippen LogP contribution in [0.2, 0.25) is 0 Å². The van der Waals surface area contributed by atoms with Gasteiger partial charge in [-0.05, 0) is 40.2 Å². The predicted octanol–water partition coefficient (Wildman–Crippen LogP) is 2.37. The molecule has 0 saturated heterocycles. The second-order valence-electron chi connectivity index (χ2n) is 6.19. The maximum atomic E-state index is 12.4. The molecule has 0 unspecified atom stereocenters. The van der Waals surface area contributed by atoms with E-state index in [9.17, 15) is 14.4 Å². The Hall–Kier alpha value is -2.40. The lowest BCUT2D eigenvalue weighted by Crippen LogP contribution is -2.18. The number of ether oxygens (including phenoxy) is 1. The van der Waals surface area contributed by atoms with Gasteiger partial charge in [0, 0.05) is 6.54 Å². The van der Waals surface area contributed by atoms with Crippen molar-refractivity contribution in [3.63, 3.8) is 0 Å². The van der Waals surface area contributed by atoms with E-state index in [1.807, 2.05) is 18.4 Å². The van der Waals surface area contributed by atoms with Crippen molar-refractivity contribution in [2.45, 2.75) is 52.4 Å². The van der Waals surface area contributed by atoms with Gasteiger partial charge in [0.1, 0.15) is 10.8 Å². The highest BCUT2D eigenvalue weighted by Gasteiger charge is 2.26. The minimum atomic E-state index is -0.664. The highest BCUT2D eigenvalue weighted by molar-refractivity contribution is 7.99. The molecule has 2 amide bonds. The Kier molecular flexibility index (Phi) is 7.19. The number of hydrogen-bond acceptors (Lipinski definition) is 8. The lowest BCUT2D eigenvalue weighted by atomic mass is 10.1. The zero-order valence-corrected chi connectivity index (χ0v) is 18.0. The van der Waals surface area contributed by atoms with Crippen LogP contribution < -0.4 is 11.1 Å². The third-order valence-electron chi connectivity index (χ3n) is 3.72. The highest BCUT2D eigenvalue weighted by atomic mass is 32.2. The number of nitrogens with two attached hydrogens (primary N) is 1. The zero-order chi connectivity index (χ0) is 21.0. The number of anilines is 1. The molecule has 0 aliphatic heterocycles. The molecule has 152 valence electrons. The van der Waals surface area contributed by atoms with Crippen LogP contribution in [0, 0.1) is 13.8 Å². The van der Waals surface area contributed by atoms with Crippen LogP contribution in [-0.4, -0.2) is 44.4 Å². The van der Waals surface area contributed by atoms with Crippen LogP contribution in [0.3, 0.4) is 0 Å². The fourth-order valence-corrected chi connectivity index (χ4v) is 4.39. The molecule has 0 atom stereocenters. The van der Waals surface area contributed by atoms with E-state index in [0.29, 0.717) is 17.3 Å². The zero-order valence-electron chi connectivity index (χ0n) is 16.4. The van der Waals surface area contributed by atoms with Crippen LogP contribution >= 0.6 is 23.1 Å². The van der Waals surface area contributed by atoms with Gasteiger partial charge in [0.15, 0.2) is 5.16 Å². The molecule has 0 spiro atoms. The largest absolute Gasteiger partial charge is 0.459 e. The second-order valence-corrected chi connectivity index (χ2v) is 8.15. The molecule has 0 bridgehead atoms. The van der Waals surface area contributed by atoms with Gasteiger partial charge in [-0.2, -0.15) is 0 Å². The monoisotopic (exact) mass is 425 g/mol. The average molecular weight is 426 g/mol. The van der Waals surface area contributed by atoms with Crippen LogP contribution in [0.5, 0.6) is 0 Å². The third kappa shape index (κ3) is 4.90. The summed E-state index contributed by atoms with van der Waals surface area (Å²) in [6.45, 7) is 9.54. The molecule has 0 aliphatic carbocycles. The number of aryl methyl sites for hydroxylation is 1. The standard InChI is InChI=1S/C17H23N5O4S2/c1-6-22-10(5)20-21-17(22)27-7-11(23)19-15-12(16(25)26-8(2)3)9(4)13(28-15)14(18)24/h8H,6-7H2,1-5H3,(H2,18,24)(H,19,23). The summed E-state index contributed by atoms with van der Waals surface area (Å²) in [5, 5.41) is 11.6. The van der Waals surface area contributed by atoms with Crippen molar-refractivity contribution in [3.05, 3.63) is 21.8 Å². The molecule has 0 fully saturated rings. The Morgan fingerprint density at radius 1 is 1.29 bits per heavy atom. The van der Waals surface area contributed by atoms with Crippen LogP contribution in [0.15, 0.2) is 5.16 Å². The van der Waals surface area contributed by atoms with E-state index >= 15 is 0 Å². The van der Waals surface area contributed by atoms with Crippen LogP contribution in [0.4, 0.5) is 5.00 Å². The molecule has 3 N–H and O–H groups in total. The number of thioether (sulfide) groups is 1. The number of thiophene rings is 1. The first-order chi connectivity index (χ1) is 13.1. The Morgan fingerprint density at radius 3 is 2.54 bits per heavy atom. The molecule has 9 nitrogen and oxygen atoms in total. The fourth-order valence-electron chi connectivity index (χ4n) is 2.48. The second kappa shape index (κ2) is 9.20. The van der Waals surface area contributed by atoms with Crippen molar-refractivity contribution >= 4 is 45.9 Å². The van der Waals surface area contributed by atoms with Crippen molar-refractivity contribution in [1.82, 2.24) is 14.8 Å². The number of aromatic nitrogens is 3. The first kappa shape index (κ1) is 21.9. The summed E-state index contributed by atoms with van der Waals surface area (Å²) in [4.78, 5) is 36.7. The Bertz CT molecular complexity index is 904. The van der Waals surface area contributed by atoms with E-state index in [2.05, 4.69) is 15.5 Å². The normalized spacial score (nSPS) is 10.9. The molecule has 0 aliphatic rings. The molecule has 11 heteroatoms. The summed E-state index contributed by atoms with van der Waals surface area (Å²) < 4.78 is 7.12. The number of rotatable bonds is 8. The molecule has 2 aromatic heterocycles. The summed E-state index contributed by atoms with van der Waals surface area (Å²) in [6, 6.07) is 0. The van der Waals surface area contributed by atoms with Gasteiger partial charge in [-0.1, -0.05) is 11.8 Å². The lowest BCUT2D eigenvalue weighted by Gasteiger charge is -2.10. The fraction of sp³-hybridized carbons (Fsp3) is 0.471. The van der Waals surface area contributed by atoms with E-state index < -0.39 is 11.9 Å². The van der Waals surface area contributed by atoms with Gasteiger partial charge >= 0.3 is 5.97 Å². The number of esters is 1. The Morgan fingerprint density at radius 2 is 1.96 bits per heavy atom. The number of carbonyl (C=O) groups is 3. The third-order valence-corrected chi connectivity index (χ3v) is 5.91. The number of carbonyl (C=O) groups excluding carboxylic acids is 3. The van der Waals surface area contributed by atoms with Crippen molar-refractivity contribution in [2.75, 3.05) is 11.1 Å². The maximum Gasteiger partial charge on any atom is 0.341 e. The van der Waals surface area contributed by atoms with Crippen molar-refractivity contribution < 1.29 is 19.1 Å². The minimum absolute atomic E-state index is 0.0691. The van der Waals surface area contributed by atoms with Gasteiger partial charge in [0.05, 0.1) is 22.3 Å². The summed E-state index contributed by atoms with van der Waals surface area (Å²) >= 11 is 2.20. The van der Waals surface area contributed by atoms with E-state index in [1.165, 1.54) is 11.8 Å². The maximum absolute atomic E-state index is 12.4. The molecule has 0 radical (unpaired) electrons. The van der Waals surface area contributed by atoms with Gasteiger partial charge in [-0.3, -0.25) is 9.59 Å². The van der Waals surface area contributed by atoms with Gasteiger partial charge in [0.25, 0.3) is 5.91 Å². The summed E-state index contributed by atoms with van der Waals surface area (Å²) in [5.74, 6) is -0.782. The highest BCUT2D eigenvalue weighted by Crippen LogP contribution is 2.34. The topological polar surface area (TPSA) is 129 Å². The van der Waals surface area contributed by atoms with Gasteiger partial charge < -0.3 is 20.4 Å². The quantitative estimate of drug-likeness (QED) is 0.490. The molecular formula is C17H23N5O4S2. The van der Waals surface area contributed by atoms with Gasteiger partial charge in [-0.25, -0.2) is 4.79 Å². The Balaban J connectivity index is 2.19. The van der Waals surface area contributed by atoms with E-state index in [1.54, 1.807) is 20.8 Å². The number of hydrogen-bond donors (Lipinski definition) is 2. The first-order valence-corrected chi connectivity index (χ1v) is 10.4. The van der Waals surface area contributed by atoms with E-state index in [0.717, 1.165) is 17.2 Å². The van der Waals surface area contributed by atoms with E-state index in [4.69, 9.17) is 10.5 Å². The van der Waals surface area contributed by atoms with Crippen molar-refractivity contribution in [2.24, 2.45) is 5.73 Å².